The summed E-state index contributed by atoms with van der Waals surface area (Å²) < 4.78 is 7.30. The molecule has 6 nitrogen and oxygen atoms in total. The average Bonchev–Trinajstić information content (AvgIpc) is 3.43. The third-order valence-electron chi connectivity index (χ3n) is 4.27. The molecule has 0 aliphatic heterocycles. The normalized spacial score (nSPS) is 11.0. The lowest BCUT2D eigenvalue weighted by atomic mass is 10.2. The van der Waals surface area contributed by atoms with Crippen LogP contribution in [0.15, 0.2) is 83.4 Å². The number of hydrazone groups is 1. The first-order valence-corrected chi connectivity index (χ1v) is 10.3. The van der Waals surface area contributed by atoms with Crippen molar-refractivity contribution in [3.05, 3.63) is 89.4 Å². The number of thiophene rings is 1. The first-order chi connectivity index (χ1) is 14.7. The van der Waals surface area contributed by atoms with Crippen molar-refractivity contribution in [3.8, 4) is 22.0 Å². The van der Waals surface area contributed by atoms with Gasteiger partial charge in [-0.15, -0.1) is 11.3 Å². The third-order valence-corrected chi connectivity index (χ3v) is 5.15. The van der Waals surface area contributed by atoms with Crippen LogP contribution in [-0.2, 0) is 4.79 Å². The van der Waals surface area contributed by atoms with Crippen molar-refractivity contribution in [1.82, 2.24) is 15.2 Å². The Balaban J connectivity index is 1.46. The van der Waals surface area contributed by atoms with Gasteiger partial charge in [0, 0.05) is 11.8 Å². The van der Waals surface area contributed by atoms with Gasteiger partial charge in [0.15, 0.2) is 6.61 Å². The summed E-state index contributed by atoms with van der Waals surface area (Å²) in [6, 6.07) is 21.4. The lowest BCUT2D eigenvalue weighted by Gasteiger charge is -2.05. The van der Waals surface area contributed by atoms with Gasteiger partial charge in [0.05, 0.1) is 16.8 Å². The number of aryl methyl sites for hydroxylation is 1. The molecule has 0 radical (unpaired) electrons. The van der Waals surface area contributed by atoms with E-state index in [0.717, 1.165) is 27.4 Å². The van der Waals surface area contributed by atoms with Gasteiger partial charge in [0.1, 0.15) is 11.4 Å². The van der Waals surface area contributed by atoms with E-state index >= 15 is 0 Å². The maximum absolute atomic E-state index is 12.1. The summed E-state index contributed by atoms with van der Waals surface area (Å²) in [4.78, 5) is 13.1. The van der Waals surface area contributed by atoms with Crippen LogP contribution in [0.1, 0.15) is 11.1 Å². The average molecular weight is 417 g/mol. The highest BCUT2D eigenvalue weighted by molar-refractivity contribution is 7.13. The van der Waals surface area contributed by atoms with Crippen molar-refractivity contribution in [2.45, 2.75) is 6.92 Å². The van der Waals surface area contributed by atoms with Crippen LogP contribution in [0.5, 0.6) is 5.75 Å². The van der Waals surface area contributed by atoms with Crippen LogP contribution in [0.2, 0.25) is 0 Å². The number of amides is 1. The highest BCUT2D eigenvalue weighted by Gasteiger charge is 2.12. The summed E-state index contributed by atoms with van der Waals surface area (Å²) in [5.41, 5.74) is 6.15. The zero-order valence-electron chi connectivity index (χ0n) is 16.4. The Kier molecular flexibility index (Phi) is 6.01. The topological polar surface area (TPSA) is 68.5 Å². The molecular formula is C23H20N4O2S. The fourth-order valence-corrected chi connectivity index (χ4v) is 3.59. The number of nitrogens with zero attached hydrogens (tertiary/aromatic N) is 3. The predicted octanol–water partition coefficient (Wildman–Crippen LogP) is 4.44. The van der Waals surface area contributed by atoms with Crippen molar-refractivity contribution in [2.75, 3.05) is 6.61 Å². The second-order valence-electron chi connectivity index (χ2n) is 6.59. The second kappa shape index (κ2) is 9.19. The number of hydrogen-bond acceptors (Lipinski definition) is 5. The molecule has 4 rings (SSSR count). The van der Waals surface area contributed by atoms with E-state index < -0.39 is 0 Å². The van der Waals surface area contributed by atoms with Gasteiger partial charge in [0.25, 0.3) is 5.91 Å². The van der Waals surface area contributed by atoms with E-state index in [9.17, 15) is 4.79 Å². The fourth-order valence-electron chi connectivity index (χ4n) is 2.86. The SMILES string of the molecule is Cc1cccc(OCC(=O)N/N=C\c2cn(-c3ccccc3)nc2-c2cccs2)c1. The van der Waals surface area contributed by atoms with E-state index in [0.29, 0.717) is 5.75 Å². The van der Waals surface area contributed by atoms with Gasteiger partial charge in [-0.25, -0.2) is 10.1 Å². The molecule has 2 aromatic carbocycles. The Hall–Kier alpha value is -3.71. The molecule has 150 valence electrons. The summed E-state index contributed by atoms with van der Waals surface area (Å²) in [5, 5.41) is 10.8. The molecule has 1 amide bonds. The number of rotatable bonds is 7. The monoisotopic (exact) mass is 416 g/mol. The molecule has 7 heteroatoms. The van der Waals surface area contributed by atoms with Gasteiger partial charge >= 0.3 is 0 Å². The maximum atomic E-state index is 12.1. The number of para-hydroxylation sites is 1. The number of nitrogens with one attached hydrogen (secondary N) is 1. The number of ether oxygens (including phenoxy) is 1. The van der Waals surface area contributed by atoms with Gasteiger partial charge < -0.3 is 4.74 Å². The highest BCUT2D eigenvalue weighted by atomic mass is 32.1. The Morgan fingerprint density at radius 1 is 1.17 bits per heavy atom. The van der Waals surface area contributed by atoms with Crippen LogP contribution in [0.4, 0.5) is 0 Å². The molecule has 1 N–H and O–H groups in total. The van der Waals surface area contributed by atoms with Crippen molar-refractivity contribution in [2.24, 2.45) is 5.10 Å². The number of hydrogen-bond donors (Lipinski definition) is 1. The Morgan fingerprint density at radius 3 is 2.80 bits per heavy atom. The molecule has 0 spiro atoms. The van der Waals surface area contributed by atoms with Crippen LogP contribution in [0, 0.1) is 6.92 Å². The molecule has 0 bridgehead atoms. The molecule has 0 saturated heterocycles. The van der Waals surface area contributed by atoms with Gasteiger partial charge in [-0.1, -0.05) is 36.4 Å². The predicted molar refractivity (Wildman–Crippen MR) is 119 cm³/mol. The fraction of sp³-hybridized carbons (Fsp3) is 0.0870. The van der Waals surface area contributed by atoms with Crippen molar-refractivity contribution in [3.63, 3.8) is 0 Å². The van der Waals surface area contributed by atoms with Gasteiger partial charge in [-0.05, 0) is 48.2 Å². The first kappa shape index (κ1) is 19.6. The van der Waals surface area contributed by atoms with Crippen LogP contribution >= 0.6 is 11.3 Å². The molecule has 0 saturated carbocycles. The third kappa shape index (κ3) is 4.82. The summed E-state index contributed by atoms with van der Waals surface area (Å²) in [6.45, 7) is 1.86. The van der Waals surface area contributed by atoms with Crippen LogP contribution in [-0.4, -0.2) is 28.5 Å². The highest BCUT2D eigenvalue weighted by Crippen LogP contribution is 2.26. The van der Waals surface area contributed by atoms with E-state index in [4.69, 9.17) is 9.84 Å². The number of carbonyl (C=O) groups excluding carboxylic acids is 1. The molecule has 2 heterocycles. The molecule has 0 fully saturated rings. The lowest BCUT2D eigenvalue weighted by molar-refractivity contribution is -0.123. The second-order valence-corrected chi connectivity index (χ2v) is 7.54. The molecule has 2 aromatic heterocycles. The molecule has 0 unspecified atom stereocenters. The Bertz CT molecular complexity index is 1150. The van der Waals surface area contributed by atoms with Crippen LogP contribution < -0.4 is 10.2 Å². The standard InChI is InChI=1S/C23H20N4O2S/c1-17-7-5-10-20(13-17)29-16-22(28)25-24-14-18-15-27(19-8-3-2-4-9-19)26-23(18)21-11-6-12-30-21/h2-15H,16H2,1H3,(H,25,28)/b24-14-. The van der Waals surface area contributed by atoms with Gasteiger partial charge in [0.2, 0.25) is 0 Å². The lowest BCUT2D eigenvalue weighted by Crippen LogP contribution is -2.24. The molecule has 30 heavy (non-hydrogen) atoms. The van der Waals surface area contributed by atoms with E-state index in [1.807, 2.05) is 85.2 Å². The van der Waals surface area contributed by atoms with E-state index in [1.54, 1.807) is 22.2 Å². The minimum atomic E-state index is -0.333. The summed E-state index contributed by atoms with van der Waals surface area (Å²) in [6.07, 6.45) is 3.50. The van der Waals surface area contributed by atoms with E-state index in [2.05, 4.69) is 10.5 Å². The molecule has 4 aromatic rings. The van der Waals surface area contributed by atoms with Crippen LogP contribution in [0.25, 0.3) is 16.3 Å². The van der Waals surface area contributed by atoms with Crippen molar-refractivity contribution < 1.29 is 9.53 Å². The smallest absolute Gasteiger partial charge is 0.277 e. The number of carbonyl (C=O) groups is 1. The van der Waals surface area contributed by atoms with Crippen molar-refractivity contribution in [1.29, 1.82) is 0 Å². The number of aromatic nitrogens is 2. The summed E-state index contributed by atoms with van der Waals surface area (Å²) in [5.74, 6) is 0.319. The summed E-state index contributed by atoms with van der Waals surface area (Å²) >= 11 is 1.60. The van der Waals surface area contributed by atoms with E-state index in [-0.39, 0.29) is 12.5 Å². The Morgan fingerprint density at radius 2 is 2.03 bits per heavy atom. The van der Waals surface area contributed by atoms with Gasteiger partial charge in [-0.2, -0.15) is 10.2 Å². The molecular weight excluding hydrogens is 396 g/mol. The molecule has 0 atom stereocenters. The minimum Gasteiger partial charge on any atom is -0.484 e. The van der Waals surface area contributed by atoms with Gasteiger partial charge in [-0.3, -0.25) is 4.79 Å². The number of benzene rings is 2. The molecule has 0 aliphatic rings. The molecule has 0 aliphatic carbocycles. The minimum absolute atomic E-state index is 0.109. The summed E-state index contributed by atoms with van der Waals surface area (Å²) in [7, 11) is 0. The zero-order chi connectivity index (χ0) is 20.8. The van der Waals surface area contributed by atoms with Crippen molar-refractivity contribution >= 4 is 23.5 Å². The van der Waals surface area contributed by atoms with E-state index in [1.165, 1.54) is 0 Å². The van der Waals surface area contributed by atoms with Crippen LogP contribution in [0.3, 0.4) is 0 Å². The maximum Gasteiger partial charge on any atom is 0.277 e. The largest absolute Gasteiger partial charge is 0.484 e. The quantitative estimate of drug-likeness (QED) is 0.358. The first-order valence-electron chi connectivity index (χ1n) is 9.39. The Labute approximate surface area is 178 Å². The zero-order valence-corrected chi connectivity index (χ0v) is 17.2.